The average Bonchev–Trinajstić information content (AvgIpc) is 3.36. The SMILES string of the molecule is C=C/C=C\C(=C(C)C)C(CC)C(=O)NC(=C)SC(=C)CCCCc1nnc(N(I)C(=O)C(C)C(C=C)=C(C)C)s1. The molecule has 0 saturated carbocycles. The van der Waals surface area contributed by atoms with Crippen LogP contribution in [0.3, 0.4) is 0 Å². The number of amides is 2. The highest BCUT2D eigenvalue weighted by Gasteiger charge is 2.25. The molecule has 2 atom stereocenters. The van der Waals surface area contributed by atoms with Crippen molar-refractivity contribution >= 4 is 62.9 Å². The number of hydrogen-bond acceptors (Lipinski definition) is 6. The molecule has 2 unspecified atom stereocenters. The molecule has 6 nitrogen and oxygen atoms in total. The van der Waals surface area contributed by atoms with Gasteiger partial charge in [0.15, 0.2) is 0 Å². The molecule has 1 N–H and O–H groups in total. The molecule has 218 valence electrons. The summed E-state index contributed by atoms with van der Waals surface area (Å²) in [5, 5.41) is 13.5. The lowest BCUT2D eigenvalue weighted by Crippen LogP contribution is -2.30. The van der Waals surface area contributed by atoms with Crippen molar-refractivity contribution in [2.45, 2.75) is 73.6 Å². The lowest BCUT2D eigenvalue weighted by Gasteiger charge is -2.19. The second-order valence-corrected chi connectivity index (χ2v) is 13.0. The molecule has 1 aromatic rings. The molecule has 0 radical (unpaired) electrons. The highest BCUT2D eigenvalue weighted by atomic mass is 127. The highest BCUT2D eigenvalue weighted by Crippen LogP contribution is 2.30. The number of thioether (sulfide) groups is 1. The van der Waals surface area contributed by atoms with Gasteiger partial charge in [-0.15, -0.1) is 10.2 Å². The van der Waals surface area contributed by atoms with Crippen molar-refractivity contribution in [2.24, 2.45) is 11.8 Å². The standard InChI is InChI=1S/C31H43IN4O2S2/c1-11-14-18-27(21(6)7)26(13-3)29(37)33-24(10)39-22(8)17-15-16-19-28-34-35-31(40-28)36(32)30(38)23(9)25(12-2)20(4)5/h11-12,14,18,23,26H,1-2,8,10,13,15-17,19H2,3-7,9H3,(H,33,37)/b18-14-. The van der Waals surface area contributed by atoms with Crippen molar-refractivity contribution in [3.8, 4) is 0 Å². The molecule has 1 heterocycles. The van der Waals surface area contributed by atoms with Crippen LogP contribution < -0.4 is 8.43 Å². The van der Waals surface area contributed by atoms with E-state index in [2.05, 4.69) is 41.8 Å². The van der Waals surface area contributed by atoms with Crippen molar-refractivity contribution in [1.82, 2.24) is 15.5 Å². The monoisotopic (exact) mass is 694 g/mol. The Morgan fingerprint density at radius 3 is 2.30 bits per heavy atom. The Bertz CT molecular complexity index is 1190. The summed E-state index contributed by atoms with van der Waals surface area (Å²) >= 11 is 4.84. The second kappa shape index (κ2) is 18.2. The first-order valence-electron chi connectivity index (χ1n) is 13.3. The minimum Gasteiger partial charge on any atom is -0.320 e. The number of anilines is 1. The molecule has 1 aromatic heterocycles. The molecule has 40 heavy (non-hydrogen) atoms. The van der Waals surface area contributed by atoms with Gasteiger partial charge in [0, 0.05) is 6.42 Å². The van der Waals surface area contributed by atoms with E-state index in [-0.39, 0.29) is 23.7 Å². The van der Waals surface area contributed by atoms with Gasteiger partial charge in [0.25, 0.3) is 0 Å². The van der Waals surface area contributed by atoms with E-state index in [1.807, 2.05) is 76.6 Å². The number of aryl methyl sites for hydroxylation is 1. The number of carbonyl (C=O) groups is 2. The topological polar surface area (TPSA) is 75.2 Å². The van der Waals surface area contributed by atoms with Crippen LogP contribution in [0.25, 0.3) is 0 Å². The van der Waals surface area contributed by atoms with E-state index < -0.39 is 0 Å². The maximum absolute atomic E-state index is 12.9. The fourth-order valence-electron chi connectivity index (χ4n) is 4.06. The van der Waals surface area contributed by atoms with E-state index >= 15 is 0 Å². The summed E-state index contributed by atoms with van der Waals surface area (Å²) in [5.41, 5.74) is 4.10. The summed E-state index contributed by atoms with van der Waals surface area (Å²) in [6.07, 6.45) is 11.3. The summed E-state index contributed by atoms with van der Waals surface area (Å²) in [7, 11) is 0. The van der Waals surface area contributed by atoms with E-state index in [0.29, 0.717) is 16.6 Å². The zero-order valence-corrected chi connectivity index (χ0v) is 28.5. The van der Waals surface area contributed by atoms with Crippen LogP contribution in [0.2, 0.25) is 0 Å². The van der Waals surface area contributed by atoms with Gasteiger partial charge in [-0.25, -0.2) is 3.11 Å². The maximum Gasteiger partial charge on any atom is 0.245 e. The molecule has 0 bridgehead atoms. The van der Waals surface area contributed by atoms with E-state index in [1.54, 1.807) is 15.3 Å². The zero-order valence-electron chi connectivity index (χ0n) is 24.7. The van der Waals surface area contributed by atoms with Gasteiger partial charge < -0.3 is 5.32 Å². The Balaban J connectivity index is 2.56. The van der Waals surface area contributed by atoms with E-state index in [1.165, 1.54) is 23.1 Å². The predicted octanol–water partition coefficient (Wildman–Crippen LogP) is 9.03. The largest absolute Gasteiger partial charge is 0.320 e. The van der Waals surface area contributed by atoms with Crippen LogP contribution in [0.1, 0.15) is 72.2 Å². The summed E-state index contributed by atoms with van der Waals surface area (Å²) < 4.78 is 1.55. The van der Waals surface area contributed by atoms with Crippen LogP contribution in [0.5, 0.6) is 0 Å². The number of nitrogens with one attached hydrogen (secondary N) is 1. The molecule has 0 aliphatic carbocycles. The van der Waals surface area contributed by atoms with Crippen LogP contribution in [0, 0.1) is 11.8 Å². The van der Waals surface area contributed by atoms with Crippen molar-refractivity contribution < 1.29 is 9.59 Å². The van der Waals surface area contributed by atoms with Gasteiger partial charge >= 0.3 is 0 Å². The van der Waals surface area contributed by atoms with Crippen LogP contribution in [-0.2, 0) is 16.0 Å². The van der Waals surface area contributed by atoms with Gasteiger partial charge in [-0.3, -0.25) is 9.59 Å². The summed E-state index contributed by atoms with van der Waals surface area (Å²) in [6, 6.07) is 0. The van der Waals surface area contributed by atoms with Gasteiger partial charge in [-0.2, -0.15) is 0 Å². The normalized spacial score (nSPS) is 12.3. The van der Waals surface area contributed by atoms with Gasteiger partial charge in [-0.05, 0) is 76.4 Å². The fourth-order valence-corrected chi connectivity index (χ4v) is 6.41. The maximum atomic E-state index is 12.9. The number of allylic oxidation sites excluding steroid dienone is 7. The molecular formula is C31H43IN4O2S2. The second-order valence-electron chi connectivity index (χ2n) is 9.75. The minimum absolute atomic E-state index is 0.0457. The summed E-state index contributed by atoms with van der Waals surface area (Å²) in [5.74, 6) is -0.665. The number of carbonyl (C=O) groups excluding carboxylic acids is 2. The van der Waals surface area contributed by atoms with E-state index in [9.17, 15) is 9.59 Å². The Kier molecular flexibility index (Phi) is 16.3. The van der Waals surface area contributed by atoms with Crippen molar-refractivity contribution in [3.05, 3.63) is 87.9 Å². The first kappa shape index (κ1) is 35.8. The van der Waals surface area contributed by atoms with Crippen molar-refractivity contribution in [2.75, 3.05) is 3.11 Å². The Labute approximate surface area is 263 Å². The molecule has 0 aliphatic heterocycles. The predicted molar refractivity (Wildman–Crippen MR) is 182 cm³/mol. The third kappa shape index (κ3) is 11.3. The first-order chi connectivity index (χ1) is 18.9. The Morgan fingerprint density at radius 2 is 1.75 bits per heavy atom. The van der Waals surface area contributed by atoms with Crippen LogP contribution in [0.15, 0.2) is 82.8 Å². The Hall–Kier alpha value is -2.24. The smallest absolute Gasteiger partial charge is 0.245 e. The quantitative estimate of drug-likeness (QED) is 0.0763. The number of hydrogen-bond donors (Lipinski definition) is 1. The van der Waals surface area contributed by atoms with Crippen LogP contribution in [0.4, 0.5) is 5.13 Å². The summed E-state index contributed by atoms with van der Waals surface area (Å²) in [6.45, 7) is 27.6. The molecule has 0 fully saturated rings. The number of unbranched alkanes of at least 4 members (excludes halogenated alkanes) is 1. The molecule has 9 heteroatoms. The van der Waals surface area contributed by atoms with E-state index in [4.69, 9.17) is 0 Å². The molecule has 0 aliphatic rings. The zero-order chi connectivity index (χ0) is 30.4. The fraction of sp³-hybridized carbons (Fsp3) is 0.419. The molecule has 0 spiro atoms. The molecule has 0 saturated heterocycles. The molecular weight excluding hydrogens is 651 g/mol. The van der Waals surface area contributed by atoms with Crippen LogP contribution in [-0.4, -0.2) is 22.0 Å². The third-order valence-corrected chi connectivity index (χ3v) is 9.24. The highest BCUT2D eigenvalue weighted by molar-refractivity contribution is 14.1. The number of nitrogens with zero attached hydrogens (tertiary/aromatic N) is 3. The number of halogens is 1. The van der Waals surface area contributed by atoms with Gasteiger partial charge in [0.05, 0.1) is 39.7 Å². The molecule has 0 aromatic carbocycles. The van der Waals surface area contributed by atoms with Crippen molar-refractivity contribution in [1.29, 1.82) is 0 Å². The minimum atomic E-state index is -0.300. The summed E-state index contributed by atoms with van der Waals surface area (Å²) in [4.78, 5) is 26.8. The Morgan fingerprint density at radius 1 is 1.10 bits per heavy atom. The van der Waals surface area contributed by atoms with Gasteiger partial charge in [0.2, 0.25) is 16.9 Å². The van der Waals surface area contributed by atoms with E-state index in [0.717, 1.165) is 57.9 Å². The van der Waals surface area contributed by atoms with Gasteiger partial charge in [0.1, 0.15) is 5.01 Å². The lowest BCUT2D eigenvalue weighted by atomic mass is 9.91. The molecule has 2 amide bonds. The molecule has 1 rings (SSSR count). The third-order valence-electron chi connectivity index (χ3n) is 6.17. The first-order valence-corrected chi connectivity index (χ1v) is 15.9. The van der Waals surface area contributed by atoms with Gasteiger partial charge in [-0.1, -0.05) is 91.8 Å². The lowest BCUT2D eigenvalue weighted by molar-refractivity contribution is -0.123. The number of aromatic nitrogens is 2. The average molecular weight is 695 g/mol. The van der Waals surface area contributed by atoms with Crippen LogP contribution >= 0.6 is 46.0 Å². The van der Waals surface area contributed by atoms with Crippen molar-refractivity contribution in [3.63, 3.8) is 0 Å². The number of rotatable bonds is 17.